The summed E-state index contributed by atoms with van der Waals surface area (Å²) in [6.45, 7) is 3.62. The molecule has 2 aliphatic heterocycles. The Hall–Kier alpha value is -4.09. The van der Waals surface area contributed by atoms with Crippen molar-refractivity contribution in [2.24, 2.45) is 0 Å². The number of ketones is 1. The fourth-order valence-electron chi connectivity index (χ4n) is 5.00. The van der Waals surface area contributed by atoms with Crippen LogP contribution in [0.3, 0.4) is 0 Å². The lowest BCUT2D eigenvalue weighted by atomic mass is 9.81. The van der Waals surface area contributed by atoms with E-state index in [0.29, 0.717) is 32.6 Å². The van der Waals surface area contributed by atoms with E-state index in [9.17, 15) is 38.4 Å². The van der Waals surface area contributed by atoms with Crippen LogP contribution in [0.5, 0.6) is 0 Å². The minimum atomic E-state index is -2.10. The van der Waals surface area contributed by atoms with Gasteiger partial charge in [0, 0.05) is 27.6 Å². The van der Waals surface area contributed by atoms with Gasteiger partial charge in [-0.15, -0.1) is 11.3 Å². The van der Waals surface area contributed by atoms with Gasteiger partial charge in [-0.2, -0.15) is 0 Å². The molecule has 260 valence electrons. The van der Waals surface area contributed by atoms with Crippen molar-refractivity contribution >= 4 is 73.0 Å². The Bertz CT molecular complexity index is 1690. The lowest BCUT2D eigenvalue weighted by molar-refractivity contribution is -0.150. The zero-order valence-corrected chi connectivity index (χ0v) is 29.4. The molecule has 1 saturated heterocycles. The van der Waals surface area contributed by atoms with Crippen LogP contribution in [0, 0.1) is 0 Å². The molecule has 0 radical (unpaired) electrons. The van der Waals surface area contributed by atoms with Crippen molar-refractivity contribution in [1.29, 1.82) is 0 Å². The van der Waals surface area contributed by atoms with Gasteiger partial charge >= 0.3 is 5.97 Å². The predicted molar refractivity (Wildman–Crippen MR) is 185 cm³/mol. The summed E-state index contributed by atoms with van der Waals surface area (Å²) in [5, 5.41) is 20.5. The second-order valence-corrected chi connectivity index (χ2v) is 15.7. The Balaban J connectivity index is 1.52. The first-order chi connectivity index (χ1) is 23.2. The minimum absolute atomic E-state index is 0.0743. The van der Waals surface area contributed by atoms with Crippen molar-refractivity contribution in [3.8, 4) is 0 Å². The molecule has 4 rings (SSSR count). The Morgan fingerprint density at radius 1 is 1.12 bits per heavy atom. The molecule has 3 heterocycles. The van der Waals surface area contributed by atoms with Gasteiger partial charge in [0.2, 0.25) is 11.8 Å². The number of fused-ring (bicyclic) bond motifs is 2. The molecule has 0 saturated carbocycles. The van der Waals surface area contributed by atoms with E-state index < -0.39 is 86.8 Å². The highest BCUT2D eigenvalue weighted by molar-refractivity contribution is 8.79. The molecule has 13 nitrogen and oxygen atoms in total. The number of thiazole rings is 1. The summed E-state index contributed by atoms with van der Waals surface area (Å²) in [5.41, 5.74) is -0.695. The van der Waals surface area contributed by atoms with Crippen molar-refractivity contribution in [2.45, 2.75) is 62.5 Å². The molecule has 2 aromatic rings. The maximum atomic E-state index is 13.4. The van der Waals surface area contributed by atoms with Gasteiger partial charge < -0.3 is 30.3 Å². The molecule has 2 bridgehead atoms. The van der Waals surface area contributed by atoms with Crippen molar-refractivity contribution in [2.75, 3.05) is 13.1 Å². The molecule has 1 fully saturated rings. The first-order valence-electron chi connectivity index (χ1n) is 15.2. The topological polar surface area (TPSA) is 204 Å². The van der Waals surface area contributed by atoms with Crippen LogP contribution >= 0.6 is 22.1 Å². The van der Waals surface area contributed by atoms with E-state index in [0.717, 1.165) is 0 Å². The van der Waals surface area contributed by atoms with Gasteiger partial charge in [-0.1, -0.05) is 35.9 Å². The molecule has 2 aliphatic rings. The number of nitrogens with one attached hydrogen (secondary N) is 3. The summed E-state index contributed by atoms with van der Waals surface area (Å²) in [4.78, 5) is 80.9. The number of carbonyl (C=O) groups is 6. The minimum Gasteiger partial charge on any atom is -0.604 e. The highest BCUT2D eigenvalue weighted by atomic mass is 33.1. The van der Waals surface area contributed by atoms with Crippen LogP contribution in [0.1, 0.15) is 67.1 Å². The number of rotatable bonds is 6. The average molecular weight is 729 g/mol. The van der Waals surface area contributed by atoms with Gasteiger partial charge in [0.25, 0.3) is 11.0 Å². The lowest BCUT2D eigenvalue weighted by Crippen LogP contribution is -2.56. The molecule has 4 N–H and O–H groups in total. The van der Waals surface area contributed by atoms with E-state index in [2.05, 4.69) is 20.9 Å². The molecular weight excluding hydrogens is 693 g/mol. The molecule has 5 atom stereocenters. The number of benzene rings is 1. The number of hydrogen-bond acceptors (Lipinski definition) is 12. The number of aromatic nitrogens is 1. The Morgan fingerprint density at radius 3 is 2.53 bits per heavy atom. The third kappa shape index (κ3) is 9.54. The first-order valence-corrected chi connectivity index (χ1v) is 18.6. The van der Waals surface area contributed by atoms with Crippen molar-refractivity contribution in [3.05, 3.63) is 81.9 Å². The van der Waals surface area contributed by atoms with Crippen LogP contribution in [0.25, 0.3) is 6.08 Å². The largest absolute Gasteiger partial charge is 0.604 e. The monoisotopic (exact) mass is 728 g/mol. The van der Waals surface area contributed by atoms with E-state index in [4.69, 9.17) is 4.74 Å². The highest BCUT2D eigenvalue weighted by Gasteiger charge is 2.69. The third-order valence-electron chi connectivity index (χ3n) is 7.90. The number of ether oxygens (including phenoxy) is 1. The fraction of sp³-hybridized carbons (Fsp3) is 0.364. The van der Waals surface area contributed by atoms with E-state index in [1.54, 1.807) is 61.7 Å². The van der Waals surface area contributed by atoms with Crippen molar-refractivity contribution < 1.29 is 43.2 Å². The fourth-order valence-corrected chi connectivity index (χ4v) is 9.74. The normalized spacial score (nSPS) is 28.7. The Morgan fingerprint density at radius 2 is 1.84 bits per heavy atom. The first kappa shape index (κ1) is 37.7. The second kappa shape index (κ2) is 16.5. The van der Waals surface area contributed by atoms with Gasteiger partial charge in [0.1, 0.15) is 11.6 Å². The molecule has 49 heavy (non-hydrogen) atoms. The SMILES string of the molecule is C/C1=C\C(OC(=O)CNC(=O)CNC(=O)c2ccccc2)C(=O)/C=C/C=C\c2csc(n2)C(C)NC(=O)C[C@@]2(CC1)[S+]([O-])SC(=O)[C@]2(C)O. The maximum Gasteiger partial charge on any atom is 0.326 e. The lowest BCUT2D eigenvalue weighted by Gasteiger charge is -2.35. The molecule has 3 unspecified atom stereocenters. The Labute approximate surface area is 293 Å². The van der Waals surface area contributed by atoms with Crippen molar-refractivity contribution in [1.82, 2.24) is 20.9 Å². The van der Waals surface area contributed by atoms with Gasteiger partial charge in [-0.25, -0.2) is 4.98 Å². The molecule has 0 aliphatic carbocycles. The van der Waals surface area contributed by atoms with Crippen LogP contribution in [0.15, 0.2) is 65.6 Å². The van der Waals surface area contributed by atoms with Gasteiger partial charge in [-0.3, -0.25) is 28.8 Å². The number of amides is 3. The summed E-state index contributed by atoms with van der Waals surface area (Å²) >= 11 is 1.30. The molecule has 1 spiro atoms. The number of esters is 1. The maximum absolute atomic E-state index is 13.4. The highest BCUT2D eigenvalue weighted by Crippen LogP contribution is 2.53. The second-order valence-electron chi connectivity index (χ2n) is 11.6. The van der Waals surface area contributed by atoms with Gasteiger partial charge in [-0.05, 0) is 57.6 Å². The molecule has 16 heteroatoms. The van der Waals surface area contributed by atoms with Crippen LogP contribution in [-0.2, 0) is 38.9 Å². The smallest absolute Gasteiger partial charge is 0.326 e. The quantitative estimate of drug-likeness (QED) is 0.147. The number of hydrogen-bond donors (Lipinski definition) is 4. The average Bonchev–Trinajstić information content (AvgIpc) is 3.60. The summed E-state index contributed by atoms with van der Waals surface area (Å²) in [6, 6.07) is 7.75. The van der Waals surface area contributed by atoms with E-state index in [1.807, 2.05) is 0 Å². The zero-order valence-electron chi connectivity index (χ0n) is 26.9. The number of aliphatic hydroxyl groups is 1. The molecule has 1 aromatic carbocycles. The van der Waals surface area contributed by atoms with E-state index in [1.165, 1.54) is 36.5 Å². The van der Waals surface area contributed by atoms with Crippen LogP contribution in [0.2, 0.25) is 0 Å². The number of nitrogens with zero attached hydrogens (tertiary/aromatic N) is 1. The van der Waals surface area contributed by atoms with Crippen LogP contribution in [0.4, 0.5) is 0 Å². The zero-order chi connectivity index (χ0) is 35.8. The van der Waals surface area contributed by atoms with Gasteiger partial charge in [0.05, 0.1) is 24.7 Å². The molecule has 1 aromatic heterocycles. The number of allylic oxidation sites excluding steroid dienone is 3. The standard InChI is InChI=1S/C33H36N4O9S3/c1-20-13-14-33(32(3,44)31(43)48-49(33)45)16-26(39)36-21(2)30-37-23(19-47-30)11-7-8-12-24(38)25(15-20)46-28(41)18-34-27(40)17-35-29(42)22-9-5-4-6-10-22/h4-12,15,19,21,25,44H,13-14,16-18H2,1-3H3,(H,34,40)(H,35,42)(H,36,39)/b11-7-,12-8+,20-15+/t21?,25?,32-,33+,49?/m0/s1. The predicted octanol–water partition coefficient (Wildman–Crippen LogP) is 2.47. The molecule has 3 amide bonds. The summed E-state index contributed by atoms with van der Waals surface area (Å²) in [5.74, 6) is -3.20. The summed E-state index contributed by atoms with van der Waals surface area (Å²) < 4.78 is 17.1. The Kier molecular flexibility index (Phi) is 12.7. The van der Waals surface area contributed by atoms with Gasteiger partial charge in [0.15, 0.2) is 33.0 Å². The van der Waals surface area contributed by atoms with Crippen molar-refractivity contribution in [3.63, 3.8) is 0 Å². The summed E-state index contributed by atoms with van der Waals surface area (Å²) in [6.07, 6.45) is 5.42. The molecular formula is C33H36N4O9S3. The summed E-state index contributed by atoms with van der Waals surface area (Å²) in [7, 11) is -1.51. The third-order valence-corrected chi connectivity index (χ3v) is 12.9. The van der Waals surface area contributed by atoms with E-state index >= 15 is 0 Å². The number of carbonyl (C=O) groups excluding carboxylic acids is 6. The van der Waals surface area contributed by atoms with Crippen LogP contribution in [-0.4, -0.2) is 78.8 Å². The van der Waals surface area contributed by atoms with Crippen LogP contribution < -0.4 is 16.0 Å². The van der Waals surface area contributed by atoms with E-state index in [-0.39, 0.29) is 12.8 Å².